The van der Waals surface area contributed by atoms with Crippen molar-refractivity contribution >= 4 is 40.4 Å². The van der Waals surface area contributed by atoms with Crippen LogP contribution in [0.25, 0.3) is 0 Å². The number of anilines is 1. The van der Waals surface area contributed by atoms with Crippen LogP contribution in [0.2, 0.25) is 5.02 Å². The topological polar surface area (TPSA) is 35.6 Å². The molecule has 1 aromatic rings. The number of nitrogens with zero attached hydrogens (tertiary/aromatic N) is 2. The minimum atomic E-state index is -0.241. The molecule has 0 unspecified atom stereocenters. The summed E-state index contributed by atoms with van der Waals surface area (Å²) in [5, 5.41) is 3.47. The number of likely N-dealkylation sites (N-methyl/N-ethyl adjacent to an activating group) is 1. The Morgan fingerprint density at radius 1 is 1.30 bits per heavy atom. The van der Waals surface area contributed by atoms with Gasteiger partial charge in [0, 0.05) is 36.9 Å². The minimum Gasteiger partial charge on any atom is -0.356 e. The van der Waals surface area contributed by atoms with Crippen LogP contribution >= 0.6 is 23.8 Å². The Balaban J connectivity index is 2.01. The quantitative estimate of drug-likeness (QED) is 0.806. The van der Waals surface area contributed by atoms with Crippen LogP contribution in [0.5, 0.6) is 0 Å². The third-order valence-corrected chi connectivity index (χ3v) is 4.35. The molecule has 2 rings (SSSR count). The summed E-state index contributed by atoms with van der Waals surface area (Å²) in [4.78, 5) is 16.7. The molecule has 1 fully saturated rings. The zero-order valence-corrected chi connectivity index (χ0v) is 13.2. The molecule has 1 heterocycles. The van der Waals surface area contributed by atoms with E-state index >= 15 is 0 Å². The molecule has 0 atom stereocenters. The van der Waals surface area contributed by atoms with Crippen molar-refractivity contribution in [3.63, 3.8) is 0 Å². The molecule has 0 saturated carbocycles. The average Bonchev–Trinajstić information content (AvgIpc) is 2.44. The molecule has 1 aliphatic rings. The molecule has 1 N–H and O–H groups in total. The summed E-state index contributed by atoms with van der Waals surface area (Å²) in [6.07, 6.45) is 0. The largest absolute Gasteiger partial charge is 0.356 e. The summed E-state index contributed by atoms with van der Waals surface area (Å²) in [5.74, 6) is -0.241. The predicted molar refractivity (Wildman–Crippen MR) is 86.5 cm³/mol. The maximum absolute atomic E-state index is 12.2. The highest BCUT2D eigenvalue weighted by atomic mass is 35.5. The molecule has 1 aromatic carbocycles. The van der Waals surface area contributed by atoms with Crippen molar-refractivity contribution in [2.24, 2.45) is 0 Å². The van der Waals surface area contributed by atoms with Gasteiger partial charge in [-0.05, 0) is 31.7 Å². The van der Waals surface area contributed by atoms with Crippen molar-refractivity contribution in [1.82, 2.24) is 9.80 Å². The Labute approximate surface area is 129 Å². The van der Waals surface area contributed by atoms with Gasteiger partial charge in [-0.3, -0.25) is 4.79 Å². The van der Waals surface area contributed by atoms with Crippen molar-refractivity contribution in [2.75, 3.05) is 38.5 Å². The Morgan fingerprint density at radius 3 is 2.60 bits per heavy atom. The number of benzene rings is 1. The monoisotopic (exact) mass is 311 g/mol. The van der Waals surface area contributed by atoms with Crippen molar-refractivity contribution in [3.05, 3.63) is 28.8 Å². The van der Waals surface area contributed by atoms with Gasteiger partial charge in [-0.2, -0.15) is 0 Å². The predicted octanol–water partition coefficient (Wildman–Crippen LogP) is 2.16. The lowest BCUT2D eigenvalue weighted by atomic mass is 10.2. The number of amides is 1. The fourth-order valence-electron chi connectivity index (χ4n) is 2.07. The van der Waals surface area contributed by atoms with Crippen molar-refractivity contribution < 1.29 is 4.79 Å². The van der Waals surface area contributed by atoms with Gasteiger partial charge in [-0.1, -0.05) is 29.9 Å². The molecule has 4 nitrogen and oxygen atoms in total. The maximum atomic E-state index is 12.2. The SMILES string of the molecule is Cc1c(Cl)cccc1NC(=O)C(=S)N1CCN(C)CC1. The van der Waals surface area contributed by atoms with Crippen molar-refractivity contribution in [2.45, 2.75) is 6.92 Å². The van der Waals surface area contributed by atoms with Gasteiger partial charge in [-0.15, -0.1) is 0 Å². The molecule has 1 saturated heterocycles. The first kappa shape index (κ1) is 15.2. The normalized spacial score (nSPS) is 16.1. The number of halogens is 1. The smallest absolute Gasteiger partial charge is 0.283 e. The van der Waals surface area contributed by atoms with E-state index in [1.165, 1.54) is 0 Å². The summed E-state index contributed by atoms with van der Waals surface area (Å²) < 4.78 is 0. The first-order valence-electron chi connectivity index (χ1n) is 6.53. The fourth-order valence-corrected chi connectivity index (χ4v) is 2.48. The number of rotatable bonds is 1. The van der Waals surface area contributed by atoms with Gasteiger partial charge < -0.3 is 15.1 Å². The molecule has 0 bridgehead atoms. The molecule has 1 amide bonds. The summed E-state index contributed by atoms with van der Waals surface area (Å²) >= 11 is 11.3. The van der Waals surface area contributed by atoms with E-state index in [1.807, 2.05) is 24.0 Å². The average molecular weight is 312 g/mol. The molecule has 0 radical (unpaired) electrons. The molecule has 108 valence electrons. The summed E-state index contributed by atoms with van der Waals surface area (Å²) in [6.45, 7) is 5.29. The van der Waals surface area contributed by atoms with Crippen LogP contribution in [0, 0.1) is 6.92 Å². The summed E-state index contributed by atoms with van der Waals surface area (Å²) in [6, 6.07) is 5.43. The molecule has 0 aromatic heterocycles. The lowest BCUT2D eigenvalue weighted by molar-refractivity contribution is -0.110. The van der Waals surface area contributed by atoms with Gasteiger partial charge in [0.25, 0.3) is 5.91 Å². The highest BCUT2D eigenvalue weighted by molar-refractivity contribution is 7.82. The number of hydrogen-bond acceptors (Lipinski definition) is 3. The second kappa shape index (κ2) is 6.52. The Bertz CT molecular complexity index is 527. The molecule has 20 heavy (non-hydrogen) atoms. The first-order valence-corrected chi connectivity index (χ1v) is 7.31. The van der Waals surface area contributed by atoms with Gasteiger partial charge >= 0.3 is 0 Å². The van der Waals surface area contributed by atoms with Gasteiger partial charge in [0.2, 0.25) is 0 Å². The summed E-state index contributed by atoms with van der Waals surface area (Å²) in [5.41, 5.74) is 1.56. The third kappa shape index (κ3) is 3.48. The van der Waals surface area contributed by atoms with E-state index < -0.39 is 0 Å². The number of nitrogens with one attached hydrogen (secondary N) is 1. The summed E-state index contributed by atoms with van der Waals surface area (Å²) in [7, 11) is 2.07. The van der Waals surface area contributed by atoms with E-state index in [1.54, 1.807) is 6.07 Å². The highest BCUT2D eigenvalue weighted by Crippen LogP contribution is 2.23. The Hall–Kier alpha value is -1.17. The van der Waals surface area contributed by atoms with E-state index in [0.717, 1.165) is 31.7 Å². The van der Waals surface area contributed by atoms with E-state index in [0.29, 0.717) is 15.7 Å². The van der Waals surface area contributed by atoms with Gasteiger partial charge in [-0.25, -0.2) is 0 Å². The number of hydrogen-bond donors (Lipinski definition) is 1. The van der Waals surface area contributed by atoms with Crippen molar-refractivity contribution in [3.8, 4) is 0 Å². The number of thiocarbonyl (C=S) groups is 1. The van der Waals surface area contributed by atoms with Gasteiger partial charge in [0.05, 0.1) is 0 Å². The lowest BCUT2D eigenvalue weighted by Crippen LogP contribution is -2.49. The van der Waals surface area contributed by atoms with Crippen LogP contribution in [-0.4, -0.2) is 53.9 Å². The molecular formula is C14H18ClN3OS. The van der Waals surface area contributed by atoms with Crippen molar-refractivity contribution in [1.29, 1.82) is 0 Å². The molecule has 0 aliphatic carbocycles. The number of carbonyl (C=O) groups is 1. The first-order chi connectivity index (χ1) is 9.49. The molecule has 1 aliphatic heterocycles. The van der Waals surface area contributed by atoms with Gasteiger partial charge in [0.1, 0.15) is 0 Å². The zero-order valence-electron chi connectivity index (χ0n) is 11.6. The number of carbonyl (C=O) groups excluding carboxylic acids is 1. The molecular weight excluding hydrogens is 294 g/mol. The molecule has 6 heteroatoms. The van der Waals surface area contributed by atoms with E-state index in [2.05, 4.69) is 17.3 Å². The highest BCUT2D eigenvalue weighted by Gasteiger charge is 2.21. The van der Waals surface area contributed by atoms with Crippen LogP contribution in [0.15, 0.2) is 18.2 Å². The Morgan fingerprint density at radius 2 is 1.95 bits per heavy atom. The minimum absolute atomic E-state index is 0.241. The van der Waals surface area contributed by atoms with E-state index in [-0.39, 0.29) is 5.91 Å². The van der Waals surface area contributed by atoms with E-state index in [9.17, 15) is 4.79 Å². The van der Waals surface area contributed by atoms with Crippen LogP contribution in [0.1, 0.15) is 5.56 Å². The Kier molecular flexibility index (Phi) is 4.96. The van der Waals surface area contributed by atoms with Crippen LogP contribution in [0.3, 0.4) is 0 Å². The fraction of sp³-hybridized carbons (Fsp3) is 0.429. The molecule has 0 spiro atoms. The lowest BCUT2D eigenvalue weighted by Gasteiger charge is -2.33. The van der Waals surface area contributed by atoms with Crippen LogP contribution in [0.4, 0.5) is 5.69 Å². The second-order valence-corrected chi connectivity index (χ2v) is 5.76. The van der Waals surface area contributed by atoms with Crippen LogP contribution in [-0.2, 0) is 4.79 Å². The van der Waals surface area contributed by atoms with E-state index in [4.69, 9.17) is 23.8 Å². The third-order valence-electron chi connectivity index (χ3n) is 3.50. The second-order valence-electron chi connectivity index (χ2n) is 4.96. The van der Waals surface area contributed by atoms with Crippen LogP contribution < -0.4 is 5.32 Å². The zero-order chi connectivity index (χ0) is 14.7. The number of piperazine rings is 1. The maximum Gasteiger partial charge on any atom is 0.283 e. The standard InChI is InChI=1S/C14H18ClN3OS/c1-10-11(15)4-3-5-12(10)16-13(19)14(20)18-8-6-17(2)7-9-18/h3-5H,6-9H2,1-2H3,(H,16,19). The van der Waals surface area contributed by atoms with Gasteiger partial charge in [0.15, 0.2) is 4.99 Å².